The highest BCUT2D eigenvalue weighted by atomic mass is 16.7. The second-order valence-corrected chi connectivity index (χ2v) is 12.3. The average Bonchev–Trinajstić information content (AvgIpc) is 2.94. The number of aliphatic imine (C=N–C) groups is 1. The zero-order chi connectivity index (χ0) is 34.7. The van der Waals surface area contributed by atoms with Crippen molar-refractivity contribution in [2.24, 2.45) is 10.7 Å². The van der Waals surface area contributed by atoms with E-state index in [0.29, 0.717) is 12.1 Å². The third kappa shape index (κ3) is 12.0. The molecule has 0 aliphatic carbocycles. The van der Waals surface area contributed by atoms with Crippen molar-refractivity contribution in [2.75, 3.05) is 44.9 Å². The third-order valence-electron chi connectivity index (χ3n) is 6.31. The number of hydroxylamine groups is 1. The Balaban J connectivity index is 2.09. The van der Waals surface area contributed by atoms with E-state index in [0.717, 1.165) is 5.06 Å². The number of nitrogens with two attached hydrogens (primary N) is 1. The molecule has 1 heterocycles. The predicted octanol–water partition coefficient (Wildman–Crippen LogP) is 0.941. The van der Waals surface area contributed by atoms with Crippen molar-refractivity contribution < 1.29 is 43.1 Å². The molecule has 2 rings (SSSR count). The maximum Gasteiger partial charge on any atom is 0.407 e. The normalized spacial score (nSPS) is 15.6. The molecule has 0 bridgehead atoms. The first-order chi connectivity index (χ1) is 21.5. The van der Waals surface area contributed by atoms with Gasteiger partial charge in [-0.2, -0.15) is 10.1 Å². The smallest absolute Gasteiger partial charge is 0.407 e. The number of hydrogen-bond donors (Lipinski definition) is 3. The topological polar surface area (TPSA) is 202 Å². The van der Waals surface area contributed by atoms with Gasteiger partial charge >= 0.3 is 12.1 Å². The minimum Gasteiger partial charge on any atom is -0.459 e. The molecule has 0 saturated carbocycles. The van der Waals surface area contributed by atoms with Crippen molar-refractivity contribution in [3.05, 3.63) is 29.8 Å². The zero-order valence-electron chi connectivity index (χ0n) is 27.5. The first-order valence-corrected chi connectivity index (χ1v) is 14.7. The molecule has 16 heteroatoms. The van der Waals surface area contributed by atoms with E-state index in [1.165, 1.54) is 41.2 Å². The Labute approximate surface area is 268 Å². The molecule has 1 aliphatic heterocycles. The molecule has 46 heavy (non-hydrogen) atoms. The molecule has 0 aromatic heterocycles. The van der Waals surface area contributed by atoms with Gasteiger partial charge in [-0.15, -0.1) is 0 Å². The first kappa shape index (κ1) is 37.5. The fourth-order valence-corrected chi connectivity index (χ4v) is 4.45. The summed E-state index contributed by atoms with van der Waals surface area (Å²) >= 11 is 0. The molecule has 4 N–H and O–H groups in total. The molecule has 254 valence electrons. The molecular formula is C30H45N7O9. The van der Waals surface area contributed by atoms with Crippen molar-refractivity contribution >= 4 is 47.8 Å². The van der Waals surface area contributed by atoms with Crippen LogP contribution in [0, 0.1) is 0 Å². The fraction of sp³-hybridized carbons (Fsp3) is 0.567. The maximum absolute atomic E-state index is 13.5. The van der Waals surface area contributed by atoms with Crippen LogP contribution in [0.25, 0.3) is 0 Å². The van der Waals surface area contributed by atoms with E-state index in [9.17, 15) is 28.8 Å². The van der Waals surface area contributed by atoms with E-state index in [2.05, 4.69) is 15.6 Å². The highest BCUT2D eigenvalue weighted by Crippen LogP contribution is 2.19. The highest BCUT2D eigenvalue weighted by molar-refractivity contribution is 5.99. The van der Waals surface area contributed by atoms with Crippen LogP contribution < -0.4 is 21.4 Å². The Morgan fingerprint density at radius 3 is 2.22 bits per heavy atom. The van der Waals surface area contributed by atoms with Crippen LogP contribution in [-0.4, -0.2) is 109 Å². The Morgan fingerprint density at radius 1 is 1.02 bits per heavy atom. The quantitative estimate of drug-likeness (QED) is 0.0728. The van der Waals surface area contributed by atoms with E-state index in [-0.39, 0.29) is 50.5 Å². The second kappa shape index (κ2) is 16.5. The summed E-state index contributed by atoms with van der Waals surface area (Å²) in [6, 6.07) is 5.02. The van der Waals surface area contributed by atoms with Gasteiger partial charge in [-0.3, -0.25) is 28.8 Å². The lowest BCUT2D eigenvalue weighted by molar-refractivity contribution is -0.163. The zero-order valence-corrected chi connectivity index (χ0v) is 27.5. The molecule has 0 unspecified atom stereocenters. The lowest BCUT2D eigenvalue weighted by Crippen LogP contribution is -2.61. The molecule has 0 spiro atoms. The number of guanidine groups is 1. The Kier molecular flexibility index (Phi) is 13.5. The fourth-order valence-electron chi connectivity index (χ4n) is 4.45. The van der Waals surface area contributed by atoms with Crippen molar-refractivity contribution in [3.8, 4) is 0 Å². The number of piperazine rings is 1. The van der Waals surface area contributed by atoms with E-state index < -0.39 is 53.6 Å². The van der Waals surface area contributed by atoms with Crippen LogP contribution in [0.15, 0.2) is 29.3 Å². The number of ether oxygens (including phenoxy) is 2. The number of carbonyl (C=O) groups is 6. The van der Waals surface area contributed by atoms with Crippen molar-refractivity contribution in [1.82, 2.24) is 20.4 Å². The molecule has 1 aliphatic rings. The van der Waals surface area contributed by atoms with Crippen molar-refractivity contribution in [3.63, 3.8) is 0 Å². The molecular weight excluding hydrogens is 602 g/mol. The molecule has 1 aromatic rings. The van der Waals surface area contributed by atoms with E-state index >= 15 is 0 Å². The summed E-state index contributed by atoms with van der Waals surface area (Å²) in [5.74, 6) is -2.27. The number of nitrogens with one attached hydrogen (secondary N) is 2. The van der Waals surface area contributed by atoms with E-state index in [1.807, 2.05) is 0 Å². The van der Waals surface area contributed by atoms with Gasteiger partial charge in [0, 0.05) is 25.2 Å². The Bertz CT molecular complexity index is 1290. The van der Waals surface area contributed by atoms with Crippen LogP contribution >= 0.6 is 0 Å². The monoisotopic (exact) mass is 647 g/mol. The maximum atomic E-state index is 13.5. The number of carbonyl (C=O) groups excluding carboxylic acids is 6. The number of esters is 1. The van der Waals surface area contributed by atoms with Gasteiger partial charge in [-0.05, 0) is 78.6 Å². The van der Waals surface area contributed by atoms with Gasteiger partial charge in [-0.25, -0.2) is 4.79 Å². The van der Waals surface area contributed by atoms with Crippen LogP contribution in [0.1, 0.15) is 64.7 Å². The van der Waals surface area contributed by atoms with Crippen LogP contribution in [0.3, 0.4) is 0 Å². The minimum atomic E-state index is -0.932. The van der Waals surface area contributed by atoms with Gasteiger partial charge in [0.25, 0.3) is 5.91 Å². The molecule has 1 atom stereocenters. The molecule has 5 amide bonds. The summed E-state index contributed by atoms with van der Waals surface area (Å²) < 4.78 is 10.6. The summed E-state index contributed by atoms with van der Waals surface area (Å²) in [4.78, 5) is 86.0. The van der Waals surface area contributed by atoms with Crippen LogP contribution in [-0.2, 0) is 33.5 Å². The largest absolute Gasteiger partial charge is 0.459 e. The number of anilines is 1. The standard InChI is InChI=1S/C30H45N7O9/c1-29(2,3)45-24(40)18-35-15-16-36(22(26(35)42)9-8-14-32-28(43)46-30(4,5)6)23(39)17-33-25(41)20-10-12-21(13-11-20)37(44-7)27(31)34-19-38/h10-13,19,22H,8-9,14-18H2,1-7H3,(H,32,43)(H,33,41)(H2,31,34,38)/t22-/m0/s1. The number of amides is 5. The van der Waals surface area contributed by atoms with E-state index in [1.54, 1.807) is 41.5 Å². The molecule has 16 nitrogen and oxygen atoms in total. The van der Waals surface area contributed by atoms with Gasteiger partial charge in [0.2, 0.25) is 24.2 Å². The van der Waals surface area contributed by atoms with Gasteiger partial charge in [-0.1, -0.05) is 0 Å². The number of benzene rings is 1. The summed E-state index contributed by atoms with van der Waals surface area (Å²) in [7, 11) is 1.33. The molecule has 1 aromatic carbocycles. The minimum absolute atomic E-state index is 0.0957. The number of alkyl carbamates (subject to hydrolysis) is 1. The lowest BCUT2D eigenvalue weighted by Gasteiger charge is -2.40. The summed E-state index contributed by atoms with van der Waals surface area (Å²) in [6.07, 6.45) is 0.178. The van der Waals surface area contributed by atoms with Gasteiger partial charge in [0.1, 0.15) is 23.8 Å². The highest BCUT2D eigenvalue weighted by Gasteiger charge is 2.38. The average molecular weight is 648 g/mol. The summed E-state index contributed by atoms with van der Waals surface area (Å²) in [6.45, 7) is 10.1. The third-order valence-corrected chi connectivity index (χ3v) is 6.31. The lowest BCUT2D eigenvalue weighted by atomic mass is 10.0. The SMILES string of the molecule is CON(C(N)=NC=O)c1ccc(C(=O)NCC(=O)N2CCN(CC(=O)OC(C)(C)C)C(=O)[C@@H]2CCCNC(=O)OC(C)(C)C)cc1. The summed E-state index contributed by atoms with van der Waals surface area (Å²) in [5, 5.41) is 6.29. The summed E-state index contributed by atoms with van der Waals surface area (Å²) in [5.41, 5.74) is 4.91. The van der Waals surface area contributed by atoms with Crippen molar-refractivity contribution in [2.45, 2.75) is 71.6 Å². The second-order valence-electron chi connectivity index (χ2n) is 12.3. The molecule has 0 radical (unpaired) electrons. The Morgan fingerprint density at radius 2 is 1.65 bits per heavy atom. The van der Waals surface area contributed by atoms with Crippen LogP contribution in [0.4, 0.5) is 10.5 Å². The first-order valence-electron chi connectivity index (χ1n) is 14.7. The van der Waals surface area contributed by atoms with Gasteiger partial charge < -0.3 is 35.6 Å². The van der Waals surface area contributed by atoms with Crippen molar-refractivity contribution in [1.29, 1.82) is 0 Å². The van der Waals surface area contributed by atoms with Gasteiger partial charge in [0.05, 0.1) is 19.3 Å². The number of hydrogen-bond acceptors (Lipinski definition) is 9. The van der Waals surface area contributed by atoms with Crippen LogP contribution in [0.5, 0.6) is 0 Å². The van der Waals surface area contributed by atoms with E-state index in [4.69, 9.17) is 20.0 Å². The number of rotatable bonds is 12. The number of nitrogens with zero attached hydrogens (tertiary/aromatic N) is 4. The van der Waals surface area contributed by atoms with Crippen LogP contribution in [0.2, 0.25) is 0 Å². The molecule has 1 fully saturated rings. The Hall–Kier alpha value is -4.73. The van der Waals surface area contributed by atoms with Gasteiger partial charge in [0.15, 0.2) is 0 Å². The molecule has 1 saturated heterocycles. The predicted molar refractivity (Wildman–Crippen MR) is 167 cm³/mol.